The minimum atomic E-state index is 0.0384. The highest BCUT2D eigenvalue weighted by atomic mass is 16.5. The Balaban J connectivity index is 2.84. The van der Waals surface area contributed by atoms with Crippen molar-refractivity contribution in [2.75, 3.05) is 26.4 Å². The number of hydrogen-bond donors (Lipinski definition) is 2. The van der Waals surface area contributed by atoms with Gasteiger partial charge in [-0.3, -0.25) is 11.3 Å². The third kappa shape index (κ3) is 5.00. The highest BCUT2D eigenvalue weighted by Crippen LogP contribution is 2.31. The standard InChI is InChI=1S/C15H26N2O3/c1-4-18-10-9-13(17-16)12-7-8-14(19-5-2)15(11-12)20-6-3/h7-8,11,13,17H,4-6,9-10,16H2,1-3H3. The SMILES string of the molecule is CCOCCC(NN)c1ccc(OCC)c(OCC)c1. The zero-order valence-corrected chi connectivity index (χ0v) is 12.6. The van der Waals surface area contributed by atoms with Crippen LogP contribution in [0.1, 0.15) is 38.8 Å². The Morgan fingerprint density at radius 1 is 1.05 bits per heavy atom. The molecule has 20 heavy (non-hydrogen) atoms. The summed E-state index contributed by atoms with van der Waals surface area (Å²) in [6.07, 6.45) is 0.809. The number of hydrazine groups is 1. The fourth-order valence-electron chi connectivity index (χ4n) is 1.98. The van der Waals surface area contributed by atoms with E-state index in [1.54, 1.807) is 0 Å². The summed E-state index contributed by atoms with van der Waals surface area (Å²) in [7, 11) is 0. The normalized spacial score (nSPS) is 12.2. The van der Waals surface area contributed by atoms with Gasteiger partial charge in [0.1, 0.15) is 0 Å². The Kier molecular flexibility index (Phi) is 8.02. The molecule has 5 nitrogen and oxygen atoms in total. The number of hydrogen-bond acceptors (Lipinski definition) is 5. The van der Waals surface area contributed by atoms with Crippen molar-refractivity contribution in [1.82, 2.24) is 5.43 Å². The van der Waals surface area contributed by atoms with Crippen molar-refractivity contribution in [2.24, 2.45) is 5.84 Å². The van der Waals surface area contributed by atoms with Crippen molar-refractivity contribution >= 4 is 0 Å². The van der Waals surface area contributed by atoms with Crippen molar-refractivity contribution < 1.29 is 14.2 Å². The smallest absolute Gasteiger partial charge is 0.161 e. The second-order valence-corrected chi connectivity index (χ2v) is 4.28. The van der Waals surface area contributed by atoms with E-state index in [2.05, 4.69) is 5.43 Å². The van der Waals surface area contributed by atoms with Gasteiger partial charge in [0.05, 0.1) is 13.2 Å². The van der Waals surface area contributed by atoms with E-state index in [0.717, 1.165) is 23.5 Å². The Morgan fingerprint density at radius 3 is 2.35 bits per heavy atom. The van der Waals surface area contributed by atoms with Gasteiger partial charge >= 0.3 is 0 Å². The fraction of sp³-hybridized carbons (Fsp3) is 0.600. The molecule has 0 aliphatic rings. The van der Waals surface area contributed by atoms with E-state index in [1.807, 2.05) is 39.0 Å². The van der Waals surface area contributed by atoms with Crippen LogP contribution < -0.4 is 20.7 Å². The molecular formula is C15H26N2O3. The average molecular weight is 282 g/mol. The Labute approximate surface area is 121 Å². The average Bonchev–Trinajstić information content (AvgIpc) is 2.46. The second-order valence-electron chi connectivity index (χ2n) is 4.28. The molecule has 0 bridgehead atoms. The van der Waals surface area contributed by atoms with Gasteiger partial charge in [-0.2, -0.15) is 0 Å². The highest BCUT2D eigenvalue weighted by Gasteiger charge is 2.13. The number of nitrogens with two attached hydrogens (primary N) is 1. The molecule has 0 spiro atoms. The zero-order valence-electron chi connectivity index (χ0n) is 12.6. The number of ether oxygens (including phenoxy) is 3. The van der Waals surface area contributed by atoms with Crippen molar-refractivity contribution in [2.45, 2.75) is 33.2 Å². The first kappa shape index (κ1) is 16.8. The summed E-state index contributed by atoms with van der Waals surface area (Å²) in [4.78, 5) is 0. The number of nitrogens with one attached hydrogen (secondary N) is 1. The molecule has 3 N–H and O–H groups in total. The third-order valence-corrected chi connectivity index (χ3v) is 2.93. The van der Waals surface area contributed by atoms with Gasteiger partial charge in [0.25, 0.3) is 0 Å². The van der Waals surface area contributed by atoms with E-state index in [0.29, 0.717) is 26.4 Å². The zero-order chi connectivity index (χ0) is 14.8. The molecule has 1 atom stereocenters. The molecule has 0 radical (unpaired) electrons. The maximum atomic E-state index is 5.63. The molecule has 1 rings (SSSR count). The molecule has 0 saturated carbocycles. The molecule has 1 unspecified atom stereocenters. The minimum Gasteiger partial charge on any atom is -0.490 e. The molecular weight excluding hydrogens is 256 g/mol. The van der Waals surface area contributed by atoms with Gasteiger partial charge in [-0.1, -0.05) is 6.07 Å². The number of benzene rings is 1. The summed E-state index contributed by atoms with van der Waals surface area (Å²) in [6.45, 7) is 8.49. The van der Waals surface area contributed by atoms with E-state index in [4.69, 9.17) is 20.1 Å². The number of rotatable bonds is 10. The molecule has 1 aromatic carbocycles. The van der Waals surface area contributed by atoms with Gasteiger partial charge in [-0.05, 0) is 44.9 Å². The van der Waals surface area contributed by atoms with Crippen LogP contribution in [0, 0.1) is 0 Å². The molecule has 0 saturated heterocycles. The van der Waals surface area contributed by atoms with Gasteiger partial charge in [-0.15, -0.1) is 0 Å². The van der Waals surface area contributed by atoms with E-state index in [1.165, 1.54) is 0 Å². The van der Waals surface area contributed by atoms with E-state index < -0.39 is 0 Å². The molecule has 0 aliphatic carbocycles. The maximum Gasteiger partial charge on any atom is 0.161 e. The maximum absolute atomic E-state index is 5.63. The van der Waals surface area contributed by atoms with Crippen molar-refractivity contribution in [3.05, 3.63) is 23.8 Å². The first-order valence-corrected chi connectivity index (χ1v) is 7.20. The largest absolute Gasteiger partial charge is 0.490 e. The van der Waals surface area contributed by atoms with Crippen LogP contribution in [0.4, 0.5) is 0 Å². The third-order valence-electron chi connectivity index (χ3n) is 2.93. The molecule has 0 heterocycles. The second kappa shape index (κ2) is 9.58. The summed E-state index contributed by atoms with van der Waals surface area (Å²) < 4.78 is 16.6. The summed E-state index contributed by atoms with van der Waals surface area (Å²) >= 11 is 0. The van der Waals surface area contributed by atoms with Crippen LogP contribution in [0.2, 0.25) is 0 Å². The lowest BCUT2D eigenvalue weighted by Gasteiger charge is -2.18. The predicted octanol–water partition coefficient (Wildman–Crippen LogP) is 2.42. The quantitative estimate of drug-likeness (QED) is 0.392. The van der Waals surface area contributed by atoms with Crippen molar-refractivity contribution in [3.8, 4) is 11.5 Å². The lowest BCUT2D eigenvalue weighted by Crippen LogP contribution is -2.29. The monoisotopic (exact) mass is 282 g/mol. The van der Waals surface area contributed by atoms with Crippen LogP contribution in [0.25, 0.3) is 0 Å². The van der Waals surface area contributed by atoms with Crippen LogP contribution in [-0.2, 0) is 4.74 Å². The first-order valence-electron chi connectivity index (χ1n) is 7.20. The topological polar surface area (TPSA) is 65.7 Å². The summed E-state index contributed by atoms with van der Waals surface area (Å²) in [5, 5.41) is 0. The van der Waals surface area contributed by atoms with Gasteiger partial charge < -0.3 is 14.2 Å². The van der Waals surface area contributed by atoms with Gasteiger partial charge in [-0.25, -0.2) is 0 Å². The molecule has 0 fully saturated rings. The van der Waals surface area contributed by atoms with Crippen molar-refractivity contribution in [3.63, 3.8) is 0 Å². The van der Waals surface area contributed by atoms with Crippen LogP contribution in [0.3, 0.4) is 0 Å². The summed E-state index contributed by atoms with van der Waals surface area (Å²) in [5.41, 5.74) is 3.89. The van der Waals surface area contributed by atoms with E-state index >= 15 is 0 Å². The van der Waals surface area contributed by atoms with Gasteiger partial charge in [0.2, 0.25) is 0 Å². The Hall–Kier alpha value is -1.30. The predicted molar refractivity (Wildman–Crippen MR) is 80.0 cm³/mol. The molecule has 1 aromatic rings. The Bertz CT molecular complexity index is 385. The molecule has 0 aromatic heterocycles. The molecule has 5 heteroatoms. The van der Waals surface area contributed by atoms with Crippen LogP contribution >= 0.6 is 0 Å². The highest BCUT2D eigenvalue weighted by molar-refractivity contribution is 5.44. The molecule has 114 valence electrons. The molecule has 0 aliphatic heterocycles. The molecule has 0 amide bonds. The van der Waals surface area contributed by atoms with Gasteiger partial charge in [0, 0.05) is 19.3 Å². The summed E-state index contributed by atoms with van der Waals surface area (Å²) in [5.74, 6) is 7.15. The first-order chi connectivity index (χ1) is 9.76. The minimum absolute atomic E-state index is 0.0384. The van der Waals surface area contributed by atoms with Crippen molar-refractivity contribution in [1.29, 1.82) is 0 Å². The lowest BCUT2D eigenvalue weighted by molar-refractivity contribution is 0.136. The van der Waals surface area contributed by atoms with E-state index in [9.17, 15) is 0 Å². The van der Waals surface area contributed by atoms with Crippen LogP contribution in [0.5, 0.6) is 11.5 Å². The van der Waals surface area contributed by atoms with E-state index in [-0.39, 0.29) is 6.04 Å². The van der Waals surface area contributed by atoms with Crippen LogP contribution in [0.15, 0.2) is 18.2 Å². The summed E-state index contributed by atoms with van der Waals surface area (Å²) in [6, 6.07) is 5.94. The van der Waals surface area contributed by atoms with Gasteiger partial charge in [0.15, 0.2) is 11.5 Å². The Morgan fingerprint density at radius 2 is 1.75 bits per heavy atom. The fourth-order valence-corrected chi connectivity index (χ4v) is 1.98. The lowest BCUT2D eigenvalue weighted by atomic mass is 10.0. The van der Waals surface area contributed by atoms with Crippen LogP contribution in [-0.4, -0.2) is 26.4 Å².